The molecule has 0 spiro atoms. The van der Waals surface area contributed by atoms with Crippen molar-refractivity contribution < 1.29 is 9.90 Å². The zero-order valence-corrected chi connectivity index (χ0v) is 15.1. The molecule has 0 radical (unpaired) electrons. The summed E-state index contributed by atoms with van der Waals surface area (Å²) >= 11 is 1.41. The van der Waals surface area contributed by atoms with Crippen LogP contribution in [0, 0.1) is 0 Å². The molecule has 4 aromatic rings. The van der Waals surface area contributed by atoms with Crippen molar-refractivity contribution in [2.75, 3.05) is 6.54 Å². The molecule has 0 bridgehead atoms. The molecule has 7 heteroatoms. The molecule has 0 fully saturated rings. The second-order valence-electron chi connectivity index (χ2n) is 6.59. The maximum Gasteiger partial charge on any atom is 0.283 e. The average molecular weight is 376 g/mol. The number of fused-ring (bicyclic) bond motifs is 2. The number of amides is 1. The third-order valence-electron chi connectivity index (χ3n) is 4.87. The lowest BCUT2D eigenvalue weighted by atomic mass is 9.90. The van der Waals surface area contributed by atoms with Crippen molar-refractivity contribution in [2.45, 2.75) is 12.5 Å². The number of phenolic OH excluding ortho intramolecular Hbond substituents is 1. The highest BCUT2D eigenvalue weighted by atomic mass is 32.1. The van der Waals surface area contributed by atoms with Gasteiger partial charge < -0.3 is 15.0 Å². The van der Waals surface area contributed by atoms with Crippen LogP contribution in [-0.4, -0.2) is 37.4 Å². The molecule has 2 aromatic carbocycles. The van der Waals surface area contributed by atoms with Crippen molar-refractivity contribution in [3.8, 4) is 5.75 Å². The highest BCUT2D eigenvalue weighted by molar-refractivity contribution is 7.20. The number of aromatic amines is 1. The number of nitrogens with zero attached hydrogens (tertiary/aromatic N) is 3. The van der Waals surface area contributed by atoms with Crippen molar-refractivity contribution in [2.24, 2.45) is 0 Å². The standard InChI is InChI=1S/C20H16N4O2S/c25-13-5-3-4-12(8-13)14-9-24(10-16-18(14)22-11-21-16)20(26)19-23-15-6-1-2-7-17(15)27-19/h1-8,11,14,25H,9-10H2,(H,21,22). The largest absolute Gasteiger partial charge is 0.508 e. The van der Waals surface area contributed by atoms with Gasteiger partial charge in [-0.25, -0.2) is 9.97 Å². The quantitative estimate of drug-likeness (QED) is 0.561. The normalized spacial score (nSPS) is 16.4. The number of benzene rings is 2. The van der Waals surface area contributed by atoms with E-state index >= 15 is 0 Å². The van der Waals surface area contributed by atoms with E-state index in [2.05, 4.69) is 15.0 Å². The average Bonchev–Trinajstić information content (AvgIpc) is 3.33. The summed E-state index contributed by atoms with van der Waals surface area (Å²) in [6, 6.07) is 14.9. The summed E-state index contributed by atoms with van der Waals surface area (Å²) in [4.78, 5) is 27.0. The highest BCUT2D eigenvalue weighted by Gasteiger charge is 2.33. The summed E-state index contributed by atoms with van der Waals surface area (Å²) in [5, 5.41) is 10.4. The van der Waals surface area contributed by atoms with Gasteiger partial charge in [-0.15, -0.1) is 11.3 Å². The van der Waals surface area contributed by atoms with Crippen LogP contribution in [-0.2, 0) is 6.54 Å². The molecule has 1 atom stereocenters. The van der Waals surface area contributed by atoms with Crippen LogP contribution in [0.25, 0.3) is 10.2 Å². The summed E-state index contributed by atoms with van der Waals surface area (Å²) in [5.41, 5.74) is 3.62. The van der Waals surface area contributed by atoms with Crippen LogP contribution in [0.2, 0.25) is 0 Å². The van der Waals surface area contributed by atoms with Gasteiger partial charge >= 0.3 is 0 Å². The zero-order valence-electron chi connectivity index (χ0n) is 14.3. The Labute approximate surface area is 159 Å². The van der Waals surface area contributed by atoms with Gasteiger partial charge in [-0.1, -0.05) is 24.3 Å². The van der Waals surface area contributed by atoms with Gasteiger partial charge in [0.05, 0.1) is 34.5 Å². The number of phenols is 1. The van der Waals surface area contributed by atoms with E-state index in [0.29, 0.717) is 18.1 Å². The fraction of sp³-hybridized carbons (Fsp3) is 0.150. The number of aromatic nitrogens is 3. The Kier molecular flexibility index (Phi) is 3.68. The molecule has 6 nitrogen and oxygen atoms in total. The number of aromatic hydroxyl groups is 1. The first-order chi connectivity index (χ1) is 13.2. The lowest BCUT2D eigenvalue weighted by molar-refractivity contribution is 0.0721. The number of hydrogen-bond acceptors (Lipinski definition) is 5. The van der Waals surface area contributed by atoms with E-state index in [-0.39, 0.29) is 17.6 Å². The van der Waals surface area contributed by atoms with Crippen molar-refractivity contribution in [1.82, 2.24) is 19.9 Å². The van der Waals surface area contributed by atoms with Crippen LogP contribution in [0.3, 0.4) is 0 Å². The number of H-pyrrole nitrogens is 1. The van der Waals surface area contributed by atoms with Crippen molar-refractivity contribution in [1.29, 1.82) is 0 Å². The van der Waals surface area contributed by atoms with Crippen LogP contribution in [0.5, 0.6) is 5.75 Å². The summed E-state index contributed by atoms with van der Waals surface area (Å²) in [6.45, 7) is 0.968. The Morgan fingerprint density at radius 3 is 2.96 bits per heavy atom. The number of thiazole rings is 1. The first-order valence-corrected chi connectivity index (χ1v) is 9.46. The van der Waals surface area contributed by atoms with Crippen molar-refractivity contribution >= 4 is 27.5 Å². The molecule has 134 valence electrons. The first kappa shape index (κ1) is 16.0. The summed E-state index contributed by atoms with van der Waals surface area (Å²) in [5.74, 6) is 0.0336. The molecule has 1 aliphatic heterocycles. The van der Waals surface area contributed by atoms with Crippen LogP contribution >= 0.6 is 11.3 Å². The third kappa shape index (κ3) is 2.76. The minimum atomic E-state index is -0.0922. The molecule has 0 saturated carbocycles. The molecule has 0 aliphatic carbocycles. The molecule has 1 amide bonds. The first-order valence-electron chi connectivity index (χ1n) is 8.65. The smallest absolute Gasteiger partial charge is 0.283 e. The van der Waals surface area contributed by atoms with E-state index in [1.165, 1.54) is 11.3 Å². The summed E-state index contributed by atoms with van der Waals surface area (Å²) < 4.78 is 1.00. The van der Waals surface area contributed by atoms with Gasteiger partial charge in [0.25, 0.3) is 5.91 Å². The van der Waals surface area contributed by atoms with Gasteiger partial charge in [0.1, 0.15) is 5.75 Å². The fourth-order valence-electron chi connectivity index (χ4n) is 3.58. The molecule has 0 saturated heterocycles. The fourth-order valence-corrected chi connectivity index (χ4v) is 4.51. The molecule has 2 N–H and O–H groups in total. The number of carbonyl (C=O) groups excluding carboxylic acids is 1. The van der Waals surface area contributed by atoms with Crippen LogP contribution in [0.1, 0.15) is 32.7 Å². The number of nitrogens with one attached hydrogen (secondary N) is 1. The lowest BCUT2D eigenvalue weighted by Gasteiger charge is -2.31. The summed E-state index contributed by atoms with van der Waals surface area (Å²) in [6.07, 6.45) is 1.66. The number of rotatable bonds is 2. The second-order valence-corrected chi connectivity index (χ2v) is 7.62. The predicted octanol–water partition coefficient (Wildman–Crippen LogP) is 3.51. The van der Waals surface area contributed by atoms with Crippen LogP contribution < -0.4 is 0 Å². The zero-order chi connectivity index (χ0) is 18.4. The van der Waals surface area contributed by atoms with Crippen molar-refractivity contribution in [3.05, 3.63) is 76.8 Å². The van der Waals surface area contributed by atoms with Gasteiger partial charge in [0, 0.05) is 12.5 Å². The molecule has 1 aliphatic rings. The van der Waals surface area contributed by atoms with Gasteiger partial charge in [-0.3, -0.25) is 4.79 Å². The third-order valence-corrected chi connectivity index (χ3v) is 5.89. The monoisotopic (exact) mass is 376 g/mol. The van der Waals surface area contributed by atoms with E-state index in [9.17, 15) is 9.90 Å². The number of para-hydroxylation sites is 1. The molecular formula is C20H16N4O2S. The molecule has 5 rings (SSSR count). The van der Waals surface area contributed by atoms with E-state index < -0.39 is 0 Å². The Morgan fingerprint density at radius 1 is 1.22 bits per heavy atom. The Balaban J connectivity index is 1.51. The van der Waals surface area contributed by atoms with Gasteiger partial charge in [0.2, 0.25) is 0 Å². The SMILES string of the molecule is O=C(c1nc2ccccc2s1)N1Cc2[nH]cnc2C(c2cccc(O)c2)C1. The highest BCUT2D eigenvalue weighted by Crippen LogP contribution is 2.34. The molecule has 2 aromatic heterocycles. The number of carbonyl (C=O) groups is 1. The predicted molar refractivity (Wildman–Crippen MR) is 103 cm³/mol. The lowest BCUT2D eigenvalue weighted by Crippen LogP contribution is -2.38. The van der Waals surface area contributed by atoms with E-state index in [4.69, 9.17) is 0 Å². The van der Waals surface area contributed by atoms with Crippen LogP contribution in [0.15, 0.2) is 54.9 Å². The van der Waals surface area contributed by atoms with Crippen LogP contribution in [0.4, 0.5) is 0 Å². The maximum absolute atomic E-state index is 13.1. The van der Waals surface area contributed by atoms with Gasteiger partial charge in [0.15, 0.2) is 5.01 Å². The Hall–Kier alpha value is -3.19. The Bertz CT molecular complexity index is 1120. The van der Waals surface area contributed by atoms with E-state index in [1.54, 1.807) is 23.4 Å². The molecule has 27 heavy (non-hydrogen) atoms. The van der Waals surface area contributed by atoms with E-state index in [0.717, 1.165) is 27.2 Å². The molecule has 3 heterocycles. The minimum Gasteiger partial charge on any atom is -0.508 e. The van der Waals surface area contributed by atoms with Crippen molar-refractivity contribution in [3.63, 3.8) is 0 Å². The molecule has 1 unspecified atom stereocenters. The summed E-state index contributed by atoms with van der Waals surface area (Å²) in [7, 11) is 0. The Morgan fingerprint density at radius 2 is 2.11 bits per heavy atom. The minimum absolute atomic E-state index is 0.0818. The molecular weight excluding hydrogens is 360 g/mol. The van der Waals surface area contributed by atoms with E-state index in [1.807, 2.05) is 36.4 Å². The maximum atomic E-state index is 13.1. The second kappa shape index (κ2) is 6.21. The number of hydrogen-bond donors (Lipinski definition) is 2. The van der Waals surface area contributed by atoms with Gasteiger partial charge in [-0.05, 0) is 29.8 Å². The topological polar surface area (TPSA) is 82.1 Å². The van der Waals surface area contributed by atoms with Gasteiger partial charge in [-0.2, -0.15) is 0 Å². The number of imidazole rings is 1.